The third kappa shape index (κ3) is 2.78. The van der Waals surface area contributed by atoms with Crippen molar-refractivity contribution in [3.63, 3.8) is 0 Å². The van der Waals surface area contributed by atoms with Crippen molar-refractivity contribution in [2.75, 3.05) is 19.5 Å². The highest BCUT2D eigenvalue weighted by atomic mass is 32.2. The van der Waals surface area contributed by atoms with Gasteiger partial charge in [0.1, 0.15) is 4.83 Å². The fourth-order valence-electron chi connectivity index (χ4n) is 2.67. The largest absolute Gasteiger partial charge is 0.549 e. The summed E-state index contributed by atoms with van der Waals surface area (Å²) in [4.78, 5) is 30.0. The lowest BCUT2D eigenvalue weighted by atomic mass is 10.2. The number of aromatic nitrogens is 2. The molecule has 0 saturated heterocycles. The fraction of sp³-hybridized carbons (Fsp3) is 0.500. The van der Waals surface area contributed by atoms with E-state index < -0.39 is 5.97 Å². The number of rotatable bonds is 6. The molecule has 22 heavy (non-hydrogen) atoms. The van der Waals surface area contributed by atoms with E-state index in [1.54, 1.807) is 18.4 Å². The summed E-state index contributed by atoms with van der Waals surface area (Å²) in [6.45, 7) is 0.733. The van der Waals surface area contributed by atoms with Crippen LogP contribution in [0, 0.1) is 0 Å². The lowest BCUT2D eigenvalue weighted by molar-refractivity contribution is -0.301. The molecule has 0 aromatic carbocycles. The molecule has 0 amide bonds. The van der Waals surface area contributed by atoms with Gasteiger partial charge in [0.25, 0.3) is 5.56 Å². The lowest BCUT2D eigenvalue weighted by Gasteiger charge is -2.12. The normalized spacial score (nSPS) is 13.7. The minimum Gasteiger partial charge on any atom is -0.549 e. The van der Waals surface area contributed by atoms with E-state index in [1.165, 1.54) is 9.44 Å². The Morgan fingerprint density at radius 3 is 3.05 bits per heavy atom. The quantitative estimate of drug-likeness (QED) is 0.561. The Labute approximate surface area is 135 Å². The second kappa shape index (κ2) is 6.39. The van der Waals surface area contributed by atoms with Crippen molar-refractivity contribution in [3.05, 3.63) is 20.8 Å². The predicted molar refractivity (Wildman–Crippen MR) is 83.5 cm³/mol. The van der Waals surface area contributed by atoms with Gasteiger partial charge in [0.15, 0.2) is 5.16 Å². The number of fused-ring (bicyclic) bond motifs is 3. The number of thiophene rings is 1. The molecule has 118 valence electrons. The number of aliphatic carboxylic acids is 1. The number of thioether (sulfide) groups is 1. The SMILES string of the molecule is COCCn1c(SCC(=O)[O-])nc2sc3c(c2c1=O)CCC3. The van der Waals surface area contributed by atoms with Crippen LogP contribution in [0.1, 0.15) is 16.9 Å². The second-order valence-electron chi connectivity index (χ2n) is 5.04. The van der Waals surface area contributed by atoms with Crippen molar-refractivity contribution in [3.8, 4) is 0 Å². The minimum absolute atomic E-state index is 0.0951. The number of hydrogen-bond acceptors (Lipinski definition) is 7. The monoisotopic (exact) mass is 339 g/mol. The zero-order valence-electron chi connectivity index (χ0n) is 12.1. The first-order chi connectivity index (χ1) is 10.6. The Hall–Kier alpha value is -1.38. The molecule has 0 aliphatic heterocycles. The van der Waals surface area contributed by atoms with Gasteiger partial charge in [-0.15, -0.1) is 11.3 Å². The number of aryl methyl sites for hydroxylation is 2. The van der Waals surface area contributed by atoms with Gasteiger partial charge < -0.3 is 14.6 Å². The maximum Gasteiger partial charge on any atom is 0.263 e. The molecule has 0 atom stereocenters. The van der Waals surface area contributed by atoms with Gasteiger partial charge in [-0.05, 0) is 24.8 Å². The van der Waals surface area contributed by atoms with E-state index in [2.05, 4.69) is 4.98 Å². The number of ether oxygens (including phenoxy) is 1. The molecule has 6 nitrogen and oxygen atoms in total. The van der Waals surface area contributed by atoms with Crippen molar-refractivity contribution in [1.29, 1.82) is 0 Å². The molecule has 0 radical (unpaired) electrons. The molecule has 8 heteroatoms. The van der Waals surface area contributed by atoms with Crippen molar-refractivity contribution in [2.24, 2.45) is 0 Å². The van der Waals surface area contributed by atoms with Gasteiger partial charge in [0.2, 0.25) is 0 Å². The van der Waals surface area contributed by atoms with E-state index in [9.17, 15) is 14.7 Å². The number of carboxylic acids is 1. The predicted octanol–water partition coefficient (Wildman–Crippen LogP) is 0.435. The molecule has 2 aromatic heterocycles. The number of carbonyl (C=O) groups is 1. The van der Waals surface area contributed by atoms with Crippen LogP contribution in [-0.4, -0.2) is 35.0 Å². The van der Waals surface area contributed by atoms with Gasteiger partial charge in [-0.3, -0.25) is 9.36 Å². The molecule has 3 rings (SSSR count). The first kappa shape index (κ1) is 15.5. The van der Waals surface area contributed by atoms with E-state index in [0.717, 1.165) is 36.6 Å². The van der Waals surface area contributed by atoms with Crippen LogP contribution >= 0.6 is 23.1 Å². The topological polar surface area (TPSA) is 84.2 Å². The summed E-state index contributed by atoms with van der Waals surface area (Å²) in [6, 6.07) is 0. The second-order valence-corrected chi connectivity index (χ2v) is 7.07. The highest BCUT2D eigenvalue weighted by Crippen LogP contribution is 2.35. The standard InChI is InChI=1S/C14H16N2O4S2/c1-20-6-5-16-13(19)11-8-3-2-4-9(8)22-12(11)15-14(16)21-7-10(17)18/h2-7H2,1H3,(H,17,18)/p-1. The molecule has 0 spiro atoms. The summed E-state index contributed by atoms with van der Waals surface area (Å²) in [5.74, 6) is -1.40. The Balaban J connectivity index is 2.12. The summed E-state index contributed by atoms with van der Waals surface area (Å²) < 4.78 is 6.56. The highest BCUT2D eigenvalue weighted by Gasteiger charge is 2.23. The lowest BCUT2D eigenvalue weighted by Crippen LogP contribution is -2.28. The van der Waals surface area contributed by atoms with Gasteiger partial charge in [-0.2, -0.15) is 0 Å². The van der Waals surface area contributed by atoms with Crippen LogP contribution < -0.4 is 10.7 Å². The van der Waals surface area contributed by atoms with Gasteiger partial charge in [0.05, 0.1) is 24.5 Å². The van der Waals surface area contributed by atoms with Crippen LogP contribution in [-0.2, 0) is 28.9 Å². The van der Waals surface area contributed by atoms with Gasteiger partial charge in [-0.25, -0.2) is 4.98 Å². The van der Waals surface area contributed by atoms with E-state index in [-0.39, 0.29) is 11.3 Å². The van der Waals surface area contributed by atoms with Crippen LogP contribution in [0.25, 0.3) is 10.2 Å². The number of carboxylic acid groups (broad SMARTS) is 1. The zero-order valence-corrected chi connectivity index (χ0v) is 13.7. The van der Waals surface area contributed by atoms with Crippen molar-refractivity contribution in [1.82, 2.24) is 9.55 Å². The maximum atomic E-state index is 12.8. The Kier molecular flexibility index (Phi) is 4.51. The highest BCUT2D eigenvalue weighted by molar-refractivity contribution is 7.99. The molecule has 0 bridgehead atoms. The summed E-state index contributed by atoms with van der Waals surface area (Å²) in [7, 11) is 1.56. The summed E-state index contributed by atoms with van der Waals surface area (Å²) in [5.41, 5.74) is 1.03. The minimum atomic E-state index is -1.17. The van der Waals surface area contributed by atoms with Crippen molar-refractivity contribution < 1.29 is 14.6 Å². The number of carbonyl (C=O) groups excluding carboxylic acids is 1. The summed E-state index contributed by atoms with van der Waals surface area (Å²) in [6.07, 6.45) is 2.99. The van der Waals surface area contributed by atoms with Crippen molar-refractivity contribution in [2.45, 2.75) is 31.0 Å². The van der Waals surface area contributed by atoms with E-state index in [1.807, 2.05) is 0 Å². The molecule has 0 saturated carbocycles. The summed E-state index contributed by atoms with van der Waals surface area (Å²) in [5, 5.41) is 11.8. The zero-order chi connectivity index (χ0) is 15.7. The summed E-state index contributed by atoms with van der Waals surface area (Å²) >= 11 is 2.57. The van der Waals surface area contributed by atoms with Crippen LogP contribution in [0.4, 0.5) is 0 Å². The first-order valence-corrected chi connectivity index (χ1v) is 8.78. The molecular weight excluding hydrogens is 324 g/mol. The molecule has 2 heterocycles. The van der Waals surface area contributed by atoms with Crippen LogP contribution in [0.3, 0.4) is 0 Å². The third-order valence-electron chi connectivity index (χ3n) is 3.63. The molecule has 0 N–H and O–H groups in total. The fourth-order valence-corrected chi connectivity index (χ4v) is 4.71. The van der Waals surface area contributed by atoms with Crippen molar-refractivity contribution >= 4 is 39.3 Å². The maximum absolute atomic E-state index is 12.8. The molecule has 0 fully saturated rings. The number of nitrogens with zero attached hydrogens (tertiary/aromatic N) is 2. The smallest absolute Gasteiger partial charge is 0.263 e. The average molecular weight is 339 g/mol. The molecule has 1 aliphatic carbocycles. The Morgan fingerprint density at radius 1 is 1.50 bits per heavy atom. The van der Waals surface area contributed by atoms with Gasteiger partial charge in [-0.1, -0.05) is 11.8 Å². The molecule has 2 aromatic rings. The number of methoxy groups -OCH3 is 1. The van der Waals surface area contributed by atoms with Gasteiger partial charge >= 0.3 is 0 Å². The van der Waals surface area contributed by atoms with E-state index in [4.69, 9.17) is 4.74 Å². The van der Waals surface area contributed by atoms with Crippen LogP contribution in [0.15, 0.2) is 9.95 Å². The van der Waals surface area contributed by atoms with E-state index in [0.29, 0.717) is 28.5 Å². The first-order valence-electron chi connectivity index (χ1n) is 6.98. The third-order valence-corrected chi connectivity index (χ3v) is 5.76. The van der Waals surface area contributed by atoms with Gasteiger partial charge in [0, 0.05) is 17.7 Å². The molecule has 0 unspecified atom stereocenters. The molecule has 1 aliphatic rings. The average Bonchev–Trinajstić information content (AvgIpc) is 3.04. The van der Waals surface area contributed by atoms with E-state index >= 15 is 0 Å². The Bertz CT molecular complexity index is 781. The molecular formula is C14H15N2O4S2-. The number of hydrogen-bond donors (Lipinski definition) is 0. The van der Waals surface area contributed by atoms with Crippen LogP contribution in [0.2, 0.25) is 0 Å². The van der Waals surface area contributed by atoms with Crippen LogP contribution in [0.5, 0.6) is 0 Å². The Morgan fingerprint density at radius 2 is 2.32 bits per heavy atom.